The van der Waals surface area contributed by atoms with Gasteiger partial charge in [0.1, 0.15) is 11.4 Å². The van der Waals surface area contributed by atoms with Crippen LogP contribution in [0.3, 0.4) is 0 Å². The molecule has 1 amide bonds. The second-order valence-electron chi connectivity index (χ2n) is 10.7. The Balaban J connectivity index is 2.33. The van der Waals surface area contributed by atoms with Crippen molar-refractivity contribution in [2.24, 2.45) is 5.41 Å². The first-order chi connectivity index (χ1) is 17.8. The Morgan fingerprint density at radius 1 is 1.11 bits per heavy atom. The van der Waals surface area contributed by atoms with Gasteiger partial charge in [-0.25, -0.2) is 9.18 Å². The number of halogens is 2. The summed E-state index contributed by atoms with van der Waals surface area (Å²) in [6.45, 7) is 15.7. The maximum Gasteiger partial charge on any atom is 0.407 e. The minimum atomic E-state index is -1.18. The third kappa shape index (κ3) is 9.62. The second kappa shape index (κ2) is 13.6. The molecule has 0 aliphatic carbocycles. The van der Waals surface area contributed by atoms with E-state index in [0.717, 1.165) is 5.56 Å². The van der Waals surface area contributed by atoms with Crippen molar-refractivity contribution in [3.05, 3.63) is 84.2 Å². The van der Waals surface area contributed by atoms with Crippen molar-refractivity contribution < 1.29 is 23.8 Å². The molecule has 0 aliphatic rings. The summed E-state index contributed by atoms with van der Waals surface area (Å²) >= 11 is 6.04. The first-order valence-electron chi connectivity index (χ1n) is 12.5. The van der Waals surface area contributed by atoms with Gasteiger partial charge in [-0.3, -0.25) is 9.69 Å². The lowest BCUT2D eigenvalue weighted by atomic mass is 9.81. The molecule has 0 bridgehead atoms. The van der Waals surface area contributed by atoms with Crippen LogP contribution < -0.4 is 5.32 Å². The number of hydrogen-bond acceptors (Lipinski definition) is 4. The van der Waals surface area contributed by atoms with Crippen LogP contribution in [0, 0.1) is 11.2 Å². The van der Waals surface area contributed by atoms with E-state index in [9.17, 15) is 19.1 Å². The van der Waals surface area contributed by atoms with Crippen LogP contribution in [0.1, 0.15) is 39.7 Å². The fourth-order valence-corrected chi connectivity index (χ4v) is 4.47. The molecule has 2 atom stereocenters. The molecule has 0 heterocycles. The van der Waals surface area contributed by atoms with Gasteiger partial charge < -0.3 is 15.2 Å². The fraction of sp³-hybridized carbons (Fsp3) is 0.400. The first-order valence-corrected chi connectivity index (χ1v) is 12.9. The standard InChI is InChI=1S/C30H38ClFN2O4/c1-7-15-34(16-8-2)20-30(6,27(35)36)19-24(33-28(37)38-29(3,4)5)17-21-9-11-22(12-10-21)25-18-23(31)13-14-26(25)32/h7-14,18,24H,1-2,15-17,19-20H2,3-6H3,(H,33,37)(H,35,36)/t24-,30+/m1/s1. The number of rotatable bonds is 13. The summed E-state index contributed by atoms with van der Waals surface area (Å²) in [7, 11) is 0. The van der Waals surface area contributed by atoms with E-state index in [2.05, 4.69) is 18.5 Å². The number of carbonyl (C=O) groups excluding carboxylic acids is 1. The van der Waals surface area contributed by atoms with Crippen LogP contribution in [-0.2, 0) is 16.0 Å². The number of benzene rings is 2. The van der Waals surface area contributed by atoms with E-state index < -0.39 is 29.1 Å². The Kier molecular flexibility index (Phi) is 11.1. The summed E-state index contributed by atoms with van der Waals surface area (Å²) < 4.78 is 19.8. The number of carboxylic acids is 1. The average Bonchev–Trinajstić information content (AvgIpc) is 2.80. The van der Waals surface area contributed by atoms with Gasteiger partial charge in [0, 0.05) is 36.3 Å². The number of carbonyl (C=O) groups is 2. The molecule has 2 aromatic carbocycles. The van der Waals surface area contributed by atoms with E-state index in [1.165, 1.54) is 12.1 Å². The van der Waals surface area contributed by atoms with Gasteiger partial charge in [0.15, 0.2) is 0 Å². The van der Waals surface area contributed by atoms with E-state index in [4.69, 9.17) is 16.3 Å². The van der Waals surface area contributed by atoms with Gasteiger partial charge in [-0.05, 0) is 69.9 Å². The zero-order chi connectivity index (χ0) is 28.5. The predicted octanol–water partition coefficient (Wildman–Crippen LogP) is 6.74. The van der Waals surface area contributed by atoms with E-state index in [0.29, 0.717) is 35.7 Å². The molecule has 206 valence electrons. The smallest absolute Gasteiger partial charge is 0.407 e. The number of alkyl carbamates (subject to hydrolysis) is 1. The highest BCUT2D eigenvalue weighted by molar-refractivity contribution is 6.30. The summed E-state index contributed by atoms with van der Waals surface area (Å²) in [4.78, 5) is 27.1. The Hall–Kier alpha value is -3.16. The molecule has 0 radical (unpaired) electrons. The number of amides is 1. The summed E-state index contributed by atoms with van der Waals surface area (Å²) in [6.07, 6.45) is 3.31. The Morgan fingerprint density at radius 2 is 1.71 bits per heavy atom. The third-order valence-corrected chi connectivity index (χ3v) is 6.19. The molecule has 0 aromatic heterocycles. The van der Waals surface area contributed by atoms with Crippen molar-refractivity contribution in [2.75, 3.05) is 19.6 Å². The molecule has 6 nitrogen and oxygen atoms in total. The minimum Gasteiger partial charge on any atom is -0.481 e. The highest BCUT2D eigenvalue weighted by Gasteiger charge is 2.38. The van der Waals surface area contributed by atoms with E-state index in [-0.39, 0.29) is 18.8 Å². The normalized spacial score (nSPS) is 13.9. The zero-order valence-corrected chi connectivity index (χ0v) is 23.4. The van der Waals surface area contributed by atoms with Crippen LogP contribution in [0.15, 0.2) is 67.8 Å². The van der Waals surface area contributed by atoms with Gasteiger partial charge in [-0.15, -0.1) is 13.2 Å². The molecule has 0 saturated carbocycles. The molecular formula is C30H38ClFN2O4. The number of nitrogens with zero attached hydrogens (tertiary/aromatic N) is 1. The van der Waals surface area contributed by atoms with E-state index in [1.807, 2.05) is 17.0 Å². The van der Waals surface area contributed by atoms with Crippen molar-refractivity contribution in [2.45, 2.75) is 52.2 Å². The van der Waals surface area contributed by atoms with Crippen LogP contribution >= 0.6 is 11.6 Å². The lowest BCUT2D eigenvalue weighted by molar-refractivity contribution is -0.149. The molecule has 0 saturated heterocycles. The molecule has 2 aromatic rings. The van der Waals surface area contributed by atoms with Crippen LogP contribution in [0.2, 0.25) is 5.02 Å². The lowest BCUT2D eigenvalue weighted by Crippen LogP contribution is -2.48. The van der Waals surface area contributed by atoms with Crippen LogP contribution in [0.5, 0.6) is 0 Å². The highest BCUT2D eigenvalue weighted by atomic mass is 35.5. The second-order valence-corrected chi connectivity index (χ2v) is 11.1. The van der Waals surface area contributed by atoms with Crippen molar-refractivity contribution >= 4 is 23.7 Å². The molecular weight excluding hydrogens is 507 g/mol. The molecule has 0 aliphatic heterocycles. The summed E-state index contributed by atoms with van der Waals surface area (Å²) in [5, 5.41) is 13.5. The maximum absolute atomic E-state index is 14.3. The quantitative estimate of drug-likeness (QED) is 0.273. The van der Waals surface area contributed by atoms with Crippen LogP contribution in [-0.4, -0.2) is 53.3 Å². The number of ether oxygens (including phenoxy) is 1. The summed E-state index contributed by atoms with van der Waals surface area (Å²) in [5.41, 5.74) is -0.00649. The molecule has 8 heteroatoms. The Labute approximate surface area is 230 Å². The van der Waals surface area contributed by atoms with Gasteiger partial charge in [-0.2, -0.15) is 0 Å². The minimum absolute atomic E-state index is 0.150. The van der Waals surface area contributed by atoms with Gasteiger partial charge in [0.25, 0.3) is 0 Å². The summed E-state index contributed by atoms with van der Waals surface area (Å²) in [5.74, 6) is -1.36. The monoisotopic (exact) mass is 544 g/mol. The number of nitrogens with one attached hydrogen (secondary N) is 1. The van der Waals surface area contributed by atoms with Crippen LogP contribution in [0.25, 0.3) is 11.1 Å². The van der Waals surface area contributed by atoms with Gasteiger partial charge in [0.2, 0.25) is 0 Å². The topological polar surface area (TPSA) is 78.9 Å². The van der Waals surface area contributed by atoms with Gasteiger partial charge >= 0.3 is 12.1 Å². The fourth-order valence-electron chi connectivity index (χ4n) is 4.30. The Bertz CT molecular complexity index is 1120. The van der Waals surface area contributed by atoms with Crippen molar-refractivity contribution in [3.8, 4) is 11.1 Å². The zero-order valence-electron chi connectivity index (χ0n) is 22.6. The predicted molar refractivity (Wildman–Crippen MR) is 151 cm³/mol. The van der Waals surface area contributed by atoms with Gasteiger partial charge in [-0.1, -0.05) is 48.0 Å². The lowest BCUT2D eigenvalue weighted by Gasteiger charge is -2.34. The van der Waals surface area contributed by atoms with E-state index >= 15 is 0 Å². The van der Waals surface area contributed by atoms with Crippen molar-refractivity contribution in [1.29, 1.82) is 0 Å². The van der Waals surface area contributed by atoms with E-state index in [1.54, 1.807) is 58.0 Å². The number of hydrogen-bond donors (Lipinski definition) is 2. The SMILES string of the molecule is C=CCN(CC=C)C[C@](C)(C[C@@H](Cc1ccc(-c2cc(Cl)ccc2F)cc1)NC(=O)OC(C)(C)C)C(=O)O. The number of aliphatic carboxylic acids is 1. The first kappa shape index (κ1) is 31.1. The van der Waals surface area contributed by atoms with Crippen molar-refractivity contribution in [1.82, 2.24) is 10.2 Å². The molecule has 38 heavy (non-hydrogen) atoms. The molecule has 2 N–H and O–H groups in total. The number of carboxylic acid groups (broad SMARTS) is 1. The largest absolute Gasteiger partial charge is 0.481 e. The molecule has 0 unspecified atom stereocenters. The van der Waals surface area contributed by atoms with Gasteiger partial charge in [0.05, 0.1) is 5.41 Å². The van der Waals surface area contributed by atoms with Crippen LogP contribution in [0.4, 0.5) is 9.18 Å². The Morgan fingerprint density at radius 3 is 2.24 bits per heavy atom. The maximum atomic E-state index is 14.3. The van der Waals surface area contributed by atoms with Crippen molar-refractivity contribution in [3.63, 3.8) is 0 Å². The highest BCUT2D eigenvalue weighted by Crippen LogP contribution is 2.29. The summed E-state index contributed by atoms with van der Waals surface area (Å²) in [6, 6.07) is 11.1. The molecule has 0 fully saturated rings. The molecule has 0 spiro atoms. The average molecular weight is 545 g/mol. The molecule has 2 rings (SSSR count). The third-order valence-electron chi connectivity index (χ3n) is 5.96.